The summed E-state index contributed by atoms with van der Waals surface area (Å²) >= 11 is 0. The number of nitriles is 1. The van der Waals surface area contributed by atoms with Crippen molar-refractivity contribution in [3.63, 3.8) is 0 Å². The molecule has 1 aromatic heterocycles. The van der Waals surface area contributed by atoms with E-state index >= 15 is 0 Å². The second-order valence-electron chi connectivity index (χ2n) is 6.78. The zero-order chi connectivity index (χ0) is 18.9. The van der Waals surface area contributed by atoms with E-state index in [9.17, 15) is 5.26 Å². The third-order valence-electron chi connectivity index (χ3n) is 5.51. The maximum absolute atomic E-state index is 9.30. The van der Waals surface area contributed by atoms with Crippen LogP contribution in [0.15, 0.2) is 24.5 Å². The minimum atomic E-state index is -0.335. The van der Waals surface area contributed by atoms with Crippen LogP contribution in [0.5, 0.6) is 11.5 Å². The van der Waals surface area contributed by atoms with Gasteiger partial charge in [0, 0.05) is 25.5 Å². The highest BCUT2D eigenvalue weighted by Crippen LogP contribution is 2.45. The molecule has 0 unspecified atom stereocenters. The lowest BCUT2D eigenvalue weighted by molar-refractivity contribution is -0.0768. The summed E-state index contributed by atoms with van der Waals surface area (Å²) < 4.78 is 17.3. The molecule has 0 atom stereocenters. The number of hydrogen-bond acceptors (Lipinski definition) is 7. The van der Waals surface area contributed by atoms with E-state index in [1.54, 1.807) is 26.6 Å². The van der Waals surface area contributed by atoms with E-state index in [1.807, 2.05) is 0 Å². The van der Waals surface area contributed by atoms with Gasteiger partial charge in [0.05, 0.1) is 26.4 Å². The lowest BCUT2D eigenvalue weighted by Gasteiger charge is -2.45. The highest BCUT2D eigenvalue weighted by molar-refractivity contribution is 5.53. The van der Waals surface area contributed by atoms with Crippen molar-refractivity contribution >= 4 is 5.82 Å². The monoisotopic (exact) mass is 366 g/mol. The Hall–Kier alpha value is -2.85. The van der Waals surface area contributed by atoms with Crippen molar-refractivity contribution in [2.75, 3.05) is 38.8 Å². The summed E-state index contributed by atoms with van der Waals surface area (Å²) in [5.74, 6) is 2.13. The summed E-state index contributed by atoms with van der Waals surface area (Å²) in [6.07, 6.45) is 5.68. The van der Waals surface area contributed by atoms with Crippen molar-refractivity contribution in [3.05, 3.63) is 41.3 Å². The number of piperidine rings is 1. The van der Waals surface area contributed by atoms with Gasteiger partial charge >= 0.3 is 0 Å². The van der Waals surface area contributed by atoms with Crippen LogP contribution in [0.1, 0.15) is 29.7 Å². The Balaban J connectivity index is 1.63. The quantitative estimate of drug-likeness (QED) is 0.825. The standard InChI is InChI=1S/C20H22N4O3/c1-25-17-11-14-3-10-27-20(15(14)12-18(17)26-2)4-8-24(9-5-20)19-16(13-21)22-6-7-23-19/h6-7,11-12H,3-5,8-10H2,1-2H3. The number of fused-ring (bicyclic) bond motifs is 2. The Morgan fingerprint density at radius 3 is 2.52 bits per heavy atom. The van der Waals surface area contributed by atoms with E-state index in [4.69, 9.17) is 14.2 Å². The van der Waals surface area contributed by atoms with Gasteiger partial charge in [-0.15, -0.1) is 0 Å². The highest BCUT2D eigenvalue weighted by Gasteiger charge is 2.42. The molecule has 1 fully saturated rings. The van der Waals surface area contributed by atoms with E-state index in [0.29, 0.717) is 18.1 Å². The van der Waals surface area contributed by atoms with Crippen LogP contribution in [-0.4, -0.2) is 43.9 Å². The lowest BCUT2D eigenvalue weighted by atomic mass is 9.79. The third-order valence-corrected chi connectivity index (χ3v) is 5.51. The van der Waals surface area contributed by atoms with Crippen molar-refractivity contribution in [1.29, 1.82) is 5.26 Å². The van der Waals surface area contributed by atoms with Gasteiger partial charge in [0.2, 0.25) is 0 Å². The number of benzene rings is 1. The van der Waals surface area contributed by atoms with Crippen molar-refractivity contribution < 1.29 is 14.2 Å². The normalized spacial score (nSPS) is 17.9. The van der Waals surface area contributed by atoms with Crippen LogP contribution in [0.2, 0.25) is 0 Å². The van der Waals surface area contributed by atoms with Crippen LogP contribution in [0.3, 0.4) is 0 Å². The van der Waals surface area contributed by atoms with Crippen molar-refractivity contribution in [2.45, 2.75) is 24.9 Å². The molecule has 0 radical (unpaired) electrons. The van der Waals surface area contributed by atoms with Gasteiger partial charge < -0.3 is 19.1 Å². The second kappa shape index (κ2) is 7.05. The molecule has 0 N–H and O–H groups in total. The molecular weight excluding hydrogens is 344 g/mol. The Bertz CT molecular complexity index is 885. The van der Waals surface area contributed by atoms with Crippen LogP contribution < -0.4 is 14.4 Å². The Morgan fingerprint density at radius 2 is 1.81 bits per heavy atom. The minimum absolute atomic E-state index is 0.335. The van der Waals surface area contributed by atoms with Crippen LogP contribution in [-0.2, 0) is 16.8 Å². The molecule has 7 heteroatoms. The van der Waals surface area contributed by atoms with Gasteiger partial charge in [-0.1, -0.05) is 0 Å². The number of rotatable bonds is 3. The molecule has 0 bridgehead atoms. The Kier molecular flexibility index (Phi) is 4.58. The molecule has 0 aliphatic carbocycles. The number of methoxy groups -OCH3 is 2. The van der Waals surface area contributed by atoms with E-state index in [-0.39, 0.29) is 5.60 Å². The van der Waals surface area contributed by atoms with Crippen LogP contribution in [0, 0.1) is 11.3 Å². The summed E-state index contributed by atoms with van der Waals surface area (Å²) in [7, 11) is 3.31. The summed E-state index contributed by atoms with van der Waals surface area (Å²) in [6, 6.07) is 6.26. The molecule has 1 spiro atoms. The maximum Gasteiger partial charge on any atom is 0.183 e. The first-order valence-electron chi connectivity index (χ1n) is 9.06. The number of aromatic nitrogens is 2. The summed E-state index contributed by atoms with van der Waals surface area (Å²) in [4.78, 5) is 10.6. The molecule has 0 saturated carbocycles. The number of hydrogen-bond donors (Lipinski definition) is 0. The minimum Gasteiger partial charge on any atom is -0.493 e. The van der Waals surface area contributed by atoms with E-state index in [1.165, 1.54) is 11.1 Å². The van der Waals surface area contributed by atoms with Crippen LogP contribution in [0.25, 0.3) is 0 Å². The topological polar surface area (TPSA) is 80.5 Å². The van der Waals surface area contributed by atoms with Gasteiger partial charge in [0.1, 0.15) is 6.07 Å². The van der Waals surface area contributed by atoms with Gasteiger partial charge in [0.15, 0.2) is 23.0 Å². The van der Waals surface area contributed by atoms with Crippen molar-refractivity contribution in [1.82, 2.24) is 9.97 Å². The molecule has 140 valence electrons. The van der Waals surface area contributed by atoms with Crippen LogP contribution in [0.4, 0.5) is 5.82 Å². The summed E-state index contributed by atoms with van der Waals surface area (Å²) in [5, 5.41) is 9.30. The molecule has 7 nitrogen and oxygen atoms in total. The molecule has 3 heterocycles. The Labute approximate surface area is 158 Å². The molecule has 4 rings (SSSR count). The summed E-state index contributed by atoms with van der Waals surface area (Å²) in [6.45, 7) is 2.19. The average molecular weight is 366 g/mol. The summed E-state index contributed by atoms with van der Waals surface area (Å²) in [5.41, 5.74) is 2.47. The van der Waals surface area contributed by atoms with Gasteiger partial charge in [-0.05, 0) is 42.5 Å². The predicted octanol–water partition coefficient (Wildman–Crippen LogP) is 2.43. The second-order valence-corrected chi connectivity index (χ2v) is 6.78. The zero-order valence-electron chi connectivity index (χ0n) is 15.6. The SMILES string of the molecule is COc1cc2c(cc1OC)C1(CCN(c3nccnc3C#N)CC1)OCC2. The number of ether oxygens (including phenoxy) is 3. The largest absolute Gasteiger partial charge is 0.493 e. The van der Waals surface area contributed by atoms with E-state index in [2.05, 4.69) is 33.1 Å². The number of anilines is 1. The van der Waals surface area contributed by atoms with Gasteiger partial charge in [-0.25, -0.2) is 9.97 Å². The molecule has 2 aliphatic rings. The smallest absolute Gasteiger partial charge is 0.183 e. The molecule has 0 amide bonds. The van der Waals surface area contributed by atoms with Crippen LogP contribution >= 0.6 is 0 Å². The van der Waals surface area contributed by atoms with E-state index < -0.39 is 0 Å². The fraction of sp³-hybridized carbons (Fsp3) is 0.450. The average Bonchev–Trinajstić information content (AvgIpc) is 2.73. The predicted molar refractivity (Wildman–Crippen MR) is 99.1 cm³/mol. The number of nitrogens with zero attached hydrogens (tertiary/aromatic N) is 4. The fourth-order valence-corrected chi connectivity index (χ4v) is 4.12. The molecular formula is C20H22N4O3. The highest BCUT2D eigenvalue weighted by atomic mass is 16.5. The van der Waals surface area contributed by atoms with Gasteiger partial charge in [-0.3, -0.25) is 0 Å². The van der Waals surface area contributed by atoms with E-state index in [0.717, 1.165) is 43.9 Å². The first-order valence-corrected chi connectivity index (χ1v) is 9.06. The Morgan fingerprint density at radius 1 is 1.11 bits per heavy atom. The first-order chi connectivity index (χ1) is 13.2. The van der Waals surface area contributed by atoms with Gasteiger partial charge in [-0.2, -0.15) is 5.26 Å². The lowest BCUT2D eigenvalue weighted by Crippen LogP contribution is -2.47. The van der Waals surface area contributed by atoms with Gasteiger partial charge in [0.25, 0.3) is 0 Å². The first kappa shape index (κ1) is 17.6. The van der Waals surface area contributed by atoms with Crippen molar-refractivity contribution in [2.24, 2.45) is 0 Å². The molecule has 1 aromatic carbocycles. The van der Waals surface area contributed by atoms with Crippen molar-refractivity contribution in [3.8, 4) is 17.6 Å². The molecule has 2 aliphatic heterocycles. The third kappa shape index (κ3) is 2.96. The maximum atomic E-state index is 9.30. The zero-order valence-corrected chi connectivity index (χ0v) is 15.6. The molecule has 1 saturated heterocycles. The molecule has 27 heavy (non-hydrogen) atoms. The molecule has 2 aromatic rings. The fourth-order valence-electron chi connectivity index (χ4n) is 4.12.